The fraction of sp³-hybridized carbons (Fsp3) is 0.526. The zero-order valence-corrected chi connectivity index (χ0v) is 15.9. The van der Waals surface area contributed by atoms with Gasteiger partial charge in [-0.1, -0.05) is 38.5 Å². The third-order valence-corrected chi connectivity index (χ3v) is 7.16. The second kappa shape index (κ2) is 5.82. The number of rotatable bonds is 3. The highest BCUT2D eigenvalue weighted by atomic mass is 28.3. The highest BCUT2D eigenvalue weighted by molar-refractivity contribution is 6.88. The monoisotopic (exact) mass is 329 g/mol. The average Bonchev–Trinajstić information content (AvgIpc) is 3.11. The number of esters is 1. The predicted octanol–water partition coefficient (Wildman–Crippen LogP) is 4.17. The minimum Gasteiger partial charge on any atom is -0.465 e. The normalized spacial score (nSPS) is 16.2. The Labute approximate surface area is 139 Å². The van der Waals surface area contributed by atoms with Crippen molar-refractivity contribution in [3.8, 4) is 0 Å². The van der Waals surface area contributed by atoms with Gasteiger partial charge in [0, 0.05) is 23.3 Å². The SMILES string of the molecule is COC(=O)c1ccc2c(C3CCCC3)c([Si](C)(C)C)n(C)c2c1. The number of aryl methyl sites for hydroxylation is 1. The standard InChI is InChI=1S/C19H27NO2Si/c1-20-16-12-14(19(21)22-2)10-11-15(16)17(13-8-6-7-9-13)18(20)23(3,4)5/h10-13H,6-9H2,1-5H3. The zero-order valence-electron chi connectivity index (χ0n) is 14.9. The topological polar surface area (TPSA) is 31.2 Å². The Hall–Kier alpha value is -1.55. The van der Waals surface area contributed by atoms with E-state index in [4.69, 9.17) is 4.74 Å². The molecule has 0 aliphatic heterocycles. The minimum absolute atomic E-state index is 0.259. The van der Waals surface area contributed by atoms with Crippen LogP contribution in [0.25, 0.3) is 10.9 Å². The van der Waals surface area contributed by atoms with Crippen LogP contribution in [-0.2, 0) is 11.8 Å². The van der Waals surface area contributed by atoms with Crippen molar-refractivity contribution in [3.63, 3.8) is 0 Å². The van der Waals surface area contributed by atoms with Gasteiger partial charge < -0.3 is 9.30 Å². The van der Waals surface area contributed by atoms with Crippen molar-refractivity contribution in [2.75, 3.05) is 7.11 Å². The van der Waals surface area contributed by atoms with Crippen LogP contribution < -0.4 is 5.32 Å². The van der Waals surface area contributed by atoms with E-state index in [9.17, 15) is 4.79 Å². The smallest absolute Gasteiger partial charge is 0.337 e. The molecule has 1 aromatic carbocycles. The molecule has 1 aliphatic rings. The van der Waals surface area contributed by atoms with E-state index >= 15 is 0 Å². The Balaban J connectivity index is 2.28. The molecule has 1 aromatic heterocycles. The lowest BCUT2D eigenvalue weighted by Gasteiger charge is -2.23. The number of carbonyl (C=O) groups excluding carboxylic acids is 1. The van der Waals surface area contributed by atoms with E-state index in [1.807, 2.05) is 12.1 Å². The molecule has 0 saturated heterocycles. The maximum atomic E-state index is 11.9. The zero-order chi connectivity index (χ0) is 16.8. The molecule has 1 aliphatic carbocycles. The van der Waals surface area contributed by atoms with Gasteiger partial charge in [-0.05, 0) is 36.5 Å². The summed E-state index contributed by atoms with van der Waals surface area (Å²) in [6, 6.07) is 6.06. The van der Waals surface area contributed by atoms with Crippen molar-refractivity contribution < 1.29 is 9.53 Å². The summed E-state index contributed by atoms with van der Waals surface area (Å²) >= 11 is 0. The minimum atomic E-state index is -1.48. The molecule has 0 amide bonds. The van der Waals surface area contributed by atoms with Crippen LogP contribution >= 0.6 is 0 Å². The fourth-order valence-electron chi connectivity index (χ4n) is 4.25. The Bertz CT molecular complexity index is 749. The van der Waals surface area contributed by atoms with Gasteiger partial charge in [0.25, 0.3) is 0 Å². The van der Waals surface area contributed by atoms with E-state index in [1.165, 1.54) is 43.7 Å². The summed E-state index contributed by atoms with van der Waals surface area (Å²) in [6.45, 7) is 7.25. The molecule has 1 saturated carbocycles. The van der Waals surface area contributed by atoms with E-state index in [0.29, 0.717) is 11.5 Å². The van der Waals surface area contributed by atoms with Crippen molar-refractivity contribution in [3.05, 3.63) is 29.3 Å². The lowest BCUT2D eigenvalue weighted by Crippen LogP contribution is -2.44. The maximum Gasteiger partial charge on any atom is 0.337 e. The highest BCUT2D eigenvalue weighted by Crippen LogP contribution is 2.38. The molecule has 124 valence electrons. The van der Waals surface area contributed by atoms with E-state index in [-0.39, 0.29) is 5.97 Å². The van der Waals surface area contributed by atoms with Gasteiger partial charge in [-0.15, -0.1) is 0 Å². The first-order valence-electron chi connectivity index (χ1n) is 8.55. The van der Waals surface area contributed by atoms with Crippen LogP contribution in [-0.4, -0.2) is 25.7 Å². The predicted molar refractivity (Wildman–Crippen MR) is 98.4 cm³/mol. The average molecular weight is 330 g/mol. The summed E-state index contributed by atoms with van der Waals surface area (Å²) in [7, 11) is 2.12. The molecule has 1 heterocycles. The quantitative estimate of drug-likeness (QED) is 0.625. The Kier molecular flexibility index (Phi) is 4.13. The highest BCUT2D eigenvalue weighted by Gasteiger charge is 2.32. The number of methoxy groups -OCH3 is 1. The van der Waals surface area contributed by atoms with Gasteiger partial charge in [0.1, 0.15) is 0 Å². The van der Waals surface area contributed by atoms with Gasteiger partial charge in [-0.25, -0.2) is 4.79 Å². The number of hydrogen-bond donors (Lipinski definition) is 0. The largest absolute Gasteiger partial charge is 0.465 e. The molecular weight excluding hydrogens is 302 g/mol. The number of nitrogens with zero attached hydrogens (tertiary/aromatic N) is 1. The van der Waals surface area contributed by atoms with E-state index in [0.717, 1.165) is 0 Å². The van der Waals surface area contributed by atoms with Crippen LogP contribution in [0.2, 0.25) is 19.6 Å². The first kappa shape index (κ1) is 16.3. The summed E-state index contributed by atoms with van der Waals surface area (Å²) in [4.78, 5) is 11.9. The van der Waals surface area contributed by atoms with Crippen molar-refractivity contribution in [1.82, 2.24) is 4.57 Å². The van der Waals surface area contributed by atoms with Gasteiger partial charge in [-0.3, -0.25) is 0 Å². The first-order valence-corrected chi connectivity index (χ1v) is 12.1. The molecule has 23 heavy (non-hydrogen) atoms. The molecule has 1 fully saturated rings. The van der Waals surface area contributed by atoms with E-state index in [2.05, 4.69) is 37.3 Å². The number of aromatic nitrogens is 1. The summed E-state index contributed by atoms with van der Waals surface area (Å²) < 4.78 is 7.24. The molecule has 0 N–H and O–H groups in total. The van der Waals surface area contributed by atoms with Gasteiger partial charge in [0.05, 0.1) is 20.7 Å². The van der Waals surface area contributed by atoms with Crippen LogP contribution in [0.3, 0.4) is 0 Å². The van der Waals surface area contributed by atoms with Gasteiger partial charge in [0.2, 0.25) is 0 Å². The number of benzene rings is 1. The second-order valence-corrected chi connectivity index (χ2v) is 12.7. The van der Waals surface area contributed by atoms with Crippen LogP contribution in [0.4, 0.5) is 0 Å². The van der Waals surface area contributed by atoms with Crippen molar-refractivity contribution in [2.24, 2.45) is 7.05 Å². The molecular formula is C19H27NO2Si. The Morgan fingerprint density at radius 1 is 1.22 bits per heavy atom. The molecule has 0 atom stereocenters. The summed E-state index contributed by atoms with van der Waals surface area (Å²) in [6.07, 6.45) is 5.28. The fourth-order valence-corrected chi connectivity index (χ4v) is 6.52. The third-order valence-electron chi connectivity index (χ3n) is 5.13. The molecule has 0 spiro atoms. The molecule has 2 aromatic rings. The van der Waals surface area contributed by atoms with Crippen LogP contribution in [0.1, 0.15) is 47.5 Å². The second-order valence-electron chi connectivity index (χ2n) is 7.78. The first-order chi connectivity index (χ1) is 10.8. The van der Waals surface area contributed by atoms with Gasteiger partial charge >= 0.3 is 5.97 Å². The third kappa shape index (κ3) is 2.73. The lowest BCUT2D eigenvalue weighted by molar-refractivity contribution is 0.0601. The number of ether oxygens (including phenoxy) is 1. The van der Waals surface area contributed by atoms with Crippen molar-refractivity contribution in [2.45, 2.75) is 51.2 Å². The van der Waals surface area contributed by atoms with Gasteiger partial charge in [-0.2, -0.15) is 0 Å². The number of carbonyl (C=O) groups is 1. The lowest BCUT2D eigenvalue weighted by atomic mass is 9.96. The van der Waals surface area contributed by atoms with E-state index < -0.39 is 8.07 Å². The van der Waals surface area contributed by atoms with Crippen molar-refractivity contribution in [1.29, 1.82) is 0 Å². The molecule has 0 unspecified atom stereocenters. The molecule has 3 rings (SSSR count). The maximum absolute atomic E-state index is 11.9. The molecule has 3 nitrogen and oxygen atoms in total. The van der Waals surface area contributed by atoms with E-state index in [1.54, 1.807) is 10.9 Å². The van der Waals surface area contributed by atoms with Gasteiger partial charge in [0.15, 0.2) is 0 Å². The summed E-state index contributed by atoms with van der Waals surface area (Å²) in [5.41, 5.74) is 3.38. The summed E-state index contributed by atoms with van der Waals surface area (Å²) in [5, 5.41) is 2.88. The van der Waals surface area contributed by atoms with Crippen LogP contribution in [0.15, 0.2) is 18.2 Å². The molecule has 4 heteroatoms. The number of fused-ring (bicyclic) bond motifs is 1. The Morgan fingerprint density at radius 3 is 2.43 bits per heavy atom. The summed E-state index contributed by atoms with van der Waals surface area (Å²) in [5.74, 6) is 0.425. The van der Waals surface area contributed by atoms with Crippen LogP contribution in [0, 0.1) is 0 Å². The number of hydrogen-bond acceptors (Lipinski definition) is 2. The molecule has 0 bridgehead atoms. The van der Waals surface area contributed by atoms with Crippen LogP contribution in [0.5, 0.6) is 0 Å². The molecule has 0 radical (unpaired) electrons. The van der Waals surface area contributed by atoms with Crippen molar-refractivity contribution >= 4 is 30.3 Å². The Morgan fingerprint density at radius 2 is 1.87 bits per heavy atom.